The number of hydrogen-bond acceptors (Lipinski definition) is 5. The SMILES string of the molecule is Cc1ccccc1-c1nc2cc(F)ccc2cc1[C@H](C)Nc1ncnc2[nH]cnc12. The van der Waals surface area contributed by atoms with Crippen molar-refractivity contribution in [2.24, 2.45) is 0 Å². The van der Waals surface area contributed by atoms with Crippen LogP contribution in [0.5, 0.6) is 0 Å². The molecule has 3 aromatic heterocycles. The van der Waals surface area contributed by atoms with Gasteiger partial charge in [0.05, 0.1) is 23.6 Å². The van der Waals surface area contributed by atoms with E-state index in [-0.39, 0.29) is 11.9 Å². The second kappa shape index (κ2) is 7.18. The van der Waals surface area contributed by atoms with E-state index < -0.39 is 0 Å². The van der Waals surface area contributed by atoms with Gasteiger partial charge >= 0.3 is 0 Å². The van der Waals surface area contributed by atoms with Crippen molar-refractivity contribution in [2.75, 3.05) is 5.32 Å². The first-order valence-corrected chi connectivity index (χ1v) is 9.67. The Morgan fingerprint density at radius 3 is 2.77 bits per heavy atom. The summed E-state index contributed by atoms with van der Waals surface area (Å²) < 4.78 is 13.8. The van der Waals surface area contributed by atoms with Gasteiger partial charge in [-0.1, -0.05) is 24.3 Å². The highest BCUT2D eigenvalue weighted by Gasteiger charge is 2.18. The number of benzene rings is 2. The van der Waals surface area contributed by atoms with Gasteiger partial charge in [0, 0.05) is 22.6 Å². The fourth-order valence-electron chi connectivity index (χ4n) is 3.69. The molecule has 0 aliphatic carbocycles. The predicted molar refractivity (Wildman–Crippen MR) is 116 cm³/mol. The summed E-state index contributed by atoms with van der Waals surface area (Å²) in [7, 11) is 0. The Morgan fingerprint density at radius 2 is 1.90 bits per heavy atom. The number of pyridine rings is 1. The van der Waals surface area contributed by atoms with E-state index in [2.05, 4.69) is 38.2 Å². The maximum Gasteiger partial charge on any atom is 0.162 e. The molecule has 2 N–H and O–H groups in total. The van der Waals surface area contributed by atoms with E-state index in [0.717, 1.165) is 27.8 Å². The molecule has 6 nitrogen and oxygen atoms in total. The Labute approximate surface area is 172 Å². The first kappa shape index (κ1) is 18.2. The van der Waals surface area contributed by atoms with Crippen molar-refractivity contribution in [3.8, 4) is 11.3 Å². The lowest BCUT2D eigenvalue weighted by Crippen LogP contribution is -2.11. The molecule has 0 saturated carbocycles. The number of halogens is 1. The summed E-state index contributed by atoms with van der Waals surface area (Å²) in [6.07, 6.45) is 3.10. The lowest BCUT2D eigenvalue weighted by atomic mass is 9.96. The number of fused-ring (bicyclic) bond motifs is 2. The number of imidazole rings is 1. The second-order valence-corrected chi connectivity index (χ2v) is 7.27. The zero-order valence-corrected chi connectivity index (χ0v) is 16.5. The van der Waals surface area contributed by atoms with Crippen molar-refractivity contribution < 1.29 is 4.39 Å². The molecule has 0 fully saturated rings. The molecule has 0 radical (unpaired) electrons. The molecule has 0 amide bonds. The predicted octanol–water partition coefficient (Wildman–Crippen LogP) is 5.19. The normalized spacial score (nSPS) is 12.4. The average Bonchev–Trinajstić information content (AvgIpc) is 3.23. The Bertz CT molecular complexity index is 1380. The molecular formula is C23H19FN6. The van der Waals surface area contributed by atoms with Crippen LogP contribution in [0.2, 0.25) is 0 Å². The summed E-state index contributed by atoms with van der Waals surface area (Å²) in [6, 6.07) is 14.7. The lowest BCUT2D eigenvalue weighted by molar-refractivity contribution is 0.629. The minimum Gasteiger partial charge on any atom is -0.362 e. The van der Waals surface area contributed by atoms with Crippen LogP contribution in [0.1, 0.15) is 24.1 Å². The summed E-state index contributed by atoms with van der Waals surface area (Å²) in [4.78, 5) is 20.7. The van der Waals surface area contributed by atoms with Crippen molar-refractivity contribution in [1.82, 2.24) is 24.9 Å². The molecule has 0 aliphatic heterocycles. The number of aromatic amines is 1. The molecule has 0 saturated heterocycles. The van der Waals surface area contributed by atoms with Crippen LogP contribution in [0, 0.1) is 12.7 Å². The average molecular weight is 398 g/mol. The molecule has 0 bridgehead atoms. The first-order chi connectivity index (χ1) is 14.6. The van der Waals surface area contributed by atoms with Gasteiger partial charge in [-0.15, -0.1) is 0 Å². The summed E-state index contributed by atoms with van der Waals surface area (Å²) in [6.45, 7) is 4.10. The van der Waals surface area contributed by atoms with Crippen LogP contribution in [-0.4, -0.2) is 24.9 Å². The van der Waals surface area contributed by atoms with E-state index in [1.807, 2.05) is 31.2 Å². The van der Waals surface area contributed by atoms with Gasteiger partial charge in [0.15, 0.2) is 11.5 Å². The highest BCUT2D eigenvalue weighted by Crippen LogP contribution is 2.33. The Hall–Kier alpha value is -3.87. The highest BCUT2D eigenvalue weighted by molar-refractivity contribution is 5.85. The van der Waals surface area contributed by atoms with Crippen LogP contribution in [0.15, 0.2) is 61.2 Å². The zero-order chi connectivity index (χ0) is 20.7. The Kier molecular flexibility index (Phi) is 4.35. The number of nitrogens with zero attached hydrogens (tertiary/aromatic N) is 4. The molecule has 0 unspecified atom stereocenters. The van der Waals surface area contributed by atoms with Gasteiger partial charge in [0.2, 0.25) is 0 Å². The van der Waals surface area contributed by atoms with Crippen LogP contribution < -0.4 is 5.32 Å². The van der Waals surface area contributed by atoms with E-state index in [1.165, 1.54) is 18.5 Å². The maximum atomic E-state index is 13.8. The molecule has 148 valence electrons. The number of hydrogen-bond donors (Lipinski definition) is 2. The molecule has 0 aliphatic rings. The topological polar surface area (TPSA) is 79.4 Å². The van der Waals surface area contributed by atoms with Crippen molar-refractivity contribution in [3.63, 3.8) is 0 Å². The molecule has 1 atom stereocenters. The largest absolute Gasteiger partial charge is 0.362 e. The van der Waals surface area contributed by atoms with Gasteiger partial charge in [0.1, 0.15) is 17.7 Å². The molecule has 7 heteroatoms. The van der Waals surface area contributed by atoms with E-state index in [4.69, 9.17) is 4.98 Å². The van der Waals surface area contributed by atoms with E-state index in [0.29, 0.717) is 22.5 Å². The molecule has 30 heavy (non-hydrogen) atoms. The minimum atomic E-state index is -0.299. The third-order valence-electron chi connectivity index (χ3n) is 5.25. The van der Waals surface area contributed by atoms with Crippen LogP contribution in [0.3, 0.4) is 0 Å². The number of H-pyrrole nitrogens is 1. The fraction of sp³-hybridized carbons (Fsp3) is 0.130. The molecular weight excluding hydrogens is 379 g/mol. The van der Waals surface area contributed by atoms with Crippen LogP contribution >= 0.6 is 0 Å². The third kappa shape index (κ3) is 3.14. The molecule has 5 rings (SSSR count). The zero-order valence-electron chi connectivity index (χ0n) is 16.5. The third-order valence-corrected chi connectivity index (χ3v) is 5.25. The van der Waals surface area contributed by atoms with E-state index >= 15 is 0 Å². The van der Waals surface area contributed by atoms with Crippen molar-refractivity contribution in [3.05, 3.63) is 78.1 Å². The second-order valence-electron chi connectivity index (χ2n) is 7.27. The number of rotatable bonds is 4. The van der Waals surface area contributed by atoms with E-state index in [1.54, 1.807) is 12.4 Å². The number of aromatic nitrogens is 5. The van der Waals surface area contributed by atoms with Crippen molar-refractivity contribution >= 4 is 27.9 Å². The van der Waals surface area contributed by atoms with Gasteiger partial charge in [-0.2, -0.15) is 0 Å². The number of anilines is 1. The maximum absolute atomic E-state index is 13.8. The summed E-state index contributed by atoms with van der Waals surface area (Å²) in [5.41, 5.74) is 5.90. The summed E-state index contributed by atoms with van der Waals surface area (Å²) >= 11 is 0. The van der Waals surface area contributed by atoms with Gasteiger partial charge in [-0.3, -0.25) is 0 Å². The van der Waals surface area contributed by atoms with Gasteiger partial charge in [0.25, 0.3) is 0 Å². The highest BCUT2D eigenvalue weighted by atomic mass is 19.1. The Balaban J connectivity index is 1.66. The first-order valence-electron chi connectivity index (χ1n) is 9.67. The quantitative estimate of drug-likeness (QED) is 0.436. The van der Waals surface area contributed by atoms with Crippen LogP contribution in [-0.2, 0) is 0 Å². The molecule has 5 aromatic rings. The molecule has 2 aromatic carbocycles. The van der Waals surface area contributed by atoms with Gasteiger partial charge in [-0.05, 0) is 37.6 Å². The molecule has 3 heterocycles. The van der Waals surface area contributed by atoms with Gasteiger partial charge in [-0.25, -0.2) is 24.3 Å². The van der Waals surface area contributed by atoms with Crippen molar-refractivity contribution in [1.29, 1.82) is 0 Å². The fourth-order valence-corrected chi connectivity index (χ4v) is 3.69. The minimum absolute atomic E-state index is 0.128. The van der Waals surface area contributed by atoms with Crippen LogP contribution in [0.4, 0.5) is 10.2 Å². The molecule has 0 spiro atoms. The van der Waals surface area contributed by atoms with Crippen molar-refractivity contribution in [2.45, 2.75) is 19.9 Å². The summed E-state index contributed by atoms with van der Waals surface area (Å²) in [5, 5.41) is 4.32. The Morgan fingerprint density at radius 1 is 1.03 bits per heavy atom. The summed E-state index contributed by atoms with van der Waals surface area (Å²) in [5.74, 6) is 0.343. The van der Waals surface area contributed by atoms with Gasteiger partial charge < -0.3 is 10.3 Å². The number of aryl methyl sites for hydroxylation is 1. The monoisotopic (exact) mass is 398 g/mol. The number of nitrogens with one attached hydrogen (secondary N) is 2. The smallest absolute Gasteiger partial charge is 0.162 e. The lowest BCUT2D eigenvalue weighted by Gasteiger charge is -2.20. The van der Waals surface area contributed by atoms with E-state index in [9.17, 15) is 4.39 Å². The standard InChI is InChI=1S/C23H19FN6/c1-13-5-3-4-6-17(13)20-18(9-15-7-8-16(24)10-19(15)30-20)14(2)29-23-21-22(26-11-25-21)27-12-28-23/h3-12,14H,1-2H3,(H2,25,26,27,28,29)/t14-/m0/s1. The van der Waals surface area contributed by atoms with Crippen LogP contribution in [0.25, 0.3) is 33.3 Å².